The Hall–Kier alpha value is -3.15. The molecule has 53 heavy (non-hydrogen) atoms. The molecule has 0 rings (SSSR count). The molecule has 0 spiro atoms. The molecular weight excluding hydrogens is 661 g/mol. The average molecular weight is 739 g/mol. The van der Waals surface area contributed by atoms with Gasteiger partial charge in [0.1, 0.15) is 13.2 Å². The Morgan fingerprint density at radius 1 is 0.396 bits per heavy atom. The second kappa shape index (κ2) is 41.6. The molecule has 0 radical (unpaired) electrons. The summed E-state index contributed by atoms with van der Waals surface area (Å²) < 4.78 is 16.5. The summed E-state index contributed by atoms with van der Waals surface area (Å²) in [7, 11) is 0. The molecule has 0 bridgehead atoms. The van der Waals surface area contributed by atoms with Crippen molar-refractivity contribution in [2.75, 3.05) is 13.2 Å². The van der Waals surface area contributed by atoms with E-state index in [0.29, 0.717) is 19.3 Å². The predicted molar refractivity (Wildman–Crippen MR) is 224 cm³/mol. The third kappa shape index (κ3) is 39.9. The standard InChI is InChI=1S/C47H78O6/c1-4-7-10-13-16-18-20-22-23-25-26-28-31-34-37-40-46(49)52-43-44(42-51-45(48)39-36-33-30-15-12-9-6-3)53-47(50)41-38-35-32-29-27-24-21-19-17-14-11-8-5-2/h8,11,16-19,22-24,27,32,35,44H,4-7,9-10,12-15,20-21,25-26,28-31,33-34,36-43H2,1-3H3/b11-8-,18-16-,19-17-,23-22-,27-24-,35-32-. The van der Waals surface area contributed by atoms with Gasteiger partial charge < -0.3 is 14.2 Å². The molecule has 0 aliphatic rings. The number of hydrogen-bond acceptors (Lipinski definition) is 6. The first kappa shape index (κ1) is 49.9. The van der Waals surface area contributed by atoms with Crippen LogP contribution in [0.25, 0.3) is 0 Å². The van der Waals surface area contributed by atoms with Gasteiger partial charge in [-0.3, -0.25) is 14.4 Å². The molecule has 0 aromatic carbocycles. The van der Waals surface area contributed by atoms with E-state index in [-0.39, 0.29) is 31.6 Å². The minimum absolute atomic E-state index is 0.109. The van der Waals surface area contributed by atoms with E-state index < -0.39 is 12.1 Å². The zero-order valence-electron chi connectivity index (χ0n) is 34.3. The van der Waals surface area contributed by atoms with Crippen molar-refractivity contribution in [1.82, 2.24) is 0 Å². The highest BCUT2D eigenvalue weighted by molar-refractivity contribution is 5.71. The zero-order chi connectivity index (χ0) is 38.7. The van der Waals surface area contributed by atoms with Crippen LogP contribution < -0.4 is 0 Å². The van der Waals surface area contributed by atoms with E-state index in [1.807, 2.05) is 12.2 Å². The van der Waals surface area contributed by atoms with Gasteiger partial charge in [0.15, 0.2) is 6.10 Å². The van der Waals surface area contributed by atoms with Crippen molar-refractivity contribution in [2.24, 2.45) is 0 Å². The summed E-state index contributed by atoms with van der Waals surface area (Å²) in [6.07, 6.45) is 50.5. The van der Waals surface area contributed by atoms with Crippen LogP contribution in [-0.4, -0.2) is 37.2 Å². The average Bonchev–Trinajstić information content (AvgIpc) is 3.15. The number of unbranched alkanes of at least 4 members (excludes halogenated alkanes) is 14. The lowest BCUT2D eigenvalue weighted by Gasteiger charge is -2.18. The lowest BCUT2D eigenvalue weighted by Crippen LogP contribution is -2.30. The highest BCUT2D eigenvalue weighted by atomic mass is 16.6. The number of ether oxygens (including phenoxy) is 3. The first-order valence-corrected chi connectivity index (χ1v) is 21.4. The van der Waals surface area contributed by atoms with Crippen LogP contribution in [0.4, 0.5) is 0 Å². The summed E-state index contributed by atoms with van der Waals surface area (Å²) >= 11 is 0. The number of carbonyl (C=O) groups excluding carboxylic acids is 3. The van der Waals surface area contributed by atoms with Crippen molar-refractivity contribution in [3.63, 3.8) is 0 Å². The van der Waals surface area contributed by atoms with Crippen LogP contribution in [0.5, 0.6) is 0 Å². The molecule has 1 unspecified atom stereocenters. The zero-order valence-corrected chi connectivity index (χ0v) is 34.3. The lowest BCUT2D eigenvalue weighted by molar-refractivity contribution is -0.166. The molecule has 0 heterocycles. The van der Waals surface area contributed by atoms with E-state index in [2.05, 4.69) is 81.5 Å². The van der Waals surface area contributed by atoms with Gasteiger partial charge in [-0.15, -0.1) is 0 Å². The van der Waals surface area contributed by atoms with E-state index >= 15 is 0 Å². The minimum Gasteiger partial charge on any atom is -0.462 e. The van der Waals surface area contributed by atoms with Gasteiger partial charge in [0.05, 0.1) is 0 Å². The Kier molecular flexibility index (Phi) is 39.1. The van der Waals surface area contributed by atoms with E-state index in [9.17, 15) is 14.4 Å². The first-order chi connectivity index (χ1) is 26.0. The van der Waals surface area contributed by atoms with Crippen LogP contribution in [0.2, 0.25) is 0 Å². The monoisotopic (exact) mass is 739 g/mol. The molecule has 302 valence electrons. The number of carbonyl (C=O) groups is 3. The third-order valence-electron chi connectivity index (χ3n) is 8.71. The number of hydrogen-bond donors (Lipinski definition) is 0. The Morgan fingerprint density at radius 2 is 0.774 bits per heavy atom. The molecule has 0 fully saturated rings. The fourth-order valence-electron chi connectivity index (χ4n) is 5.48. The lowest BCUT2D eigenvalue weighted by atomic mass is 10.1. The third-order valence-corrected chi connectivity index (χ3v) is 8.71. The normalized spacial score (nSPS) is 12.7. The van der Waals surface area contributed by atoms with Gasteiger partial charge in [-0.05, 0) is 77.0 Å². The smallest absolute Gasteiger partial charge is 0.306 e. The quantitative estimate of drug-likeness (QED) is 0.0273. The molecule has 0 saturated heterocycles. The highest BCUT2D eigenvalue weighted by Gasteiger charge is 2.19. The Balaban J connectivity index is 4.46. The van der Waals surface area contributed by atoms with Gasteiger partial charge in [-0.25, -0.2) is 0 Å². The van der Waals surface area contributed by atoms with Crippen LogP contribution >= 0.6 is 0 Å². The molecule has 0 aromatic rings. The second-order valence-electron chi connectivity index (χ2n) is 13.9. The molecule has 1 atom stereocenters. The molecule has 6 nitrogen and oxygen atoms in total. The van der Waals surface area contributed by atoms with Crippen LogP contribution in [0.3, 0.4) is 0 Å². The topological polar surface area (TPSA) is 78.9 Å². The number of allylic oxidation sites excluding steroid dienone is 12. The largest absolute Gasteiger partial charge is 0.462 e. The Morgan fingerprint density at radius 3 is 1.26 bits per heavy atom. The summed E-state index contributed by atoms with van der Waals surface area (Å²) in [5.74, 6) is -1.02. The first-order valence-electron chi connectivity index (χ1n) is 21.4. The van der Waals surface area contributed by atoms with Gasteiger partial charge in [-0.1, -0.05) is 164 Å². The maximum absolute atomic E-state index is 12.6. The van der Waals surface area contributed by atoms with Crippen molar-refractivity contribution in [3.05, 3.63) is 72.9 Å². The molecule has 0 N–H and O–H groups in total. The number of rotatable bonds is 37. The van der Waals surface area contributed by atoms with Gasteiger partial charge >= 0.3 is 17.9 Å². The Bertz CT molecular complexity index is 1030. The van der Waals surface area contributed by atoms with Crippen molar-refractivity contribution in [2.45, 2.75) is 194 Å². The van der Waals surface area contributed by atoms with Gasteiger partial charge in [0, 0.05) is 19.3 Å². The van der Waals surface area contributed by atoms with Crippen LogP contribution in [-0.2, 0) is 28.6 Å². The molecule has 0 aliphatic carbocycles. The Labute approximate surface area is 325 Å². The fraction of sp³-hybridized carbons (Fsp3) is 0.681. The maximum Gasteiger partial charge on any atom is 0.306 e. The van der Waals surface area contributed by atoms with Gasteiger partial charge in [0.2, 0.25) is 0 Å². The summed E-state index contributed by atoms with van der Waals surface area (Å²) in [6.45, 7) is 6.35. The molecule has 0 aliphatic heterocycles. The van der Waals surface area contributed by atoms with Crippen LogP contribution in [0.15, 0.2) is 72.9 Å². The summed E-state index contributed by atoms with van der Waals surface area (Å²) in [4.78, 5) is 37.5. The van der Waals surface area contributed by atoms with Gasteiger partial charge in [-0.2, -0.15) is 0 Å². The number of esters is 3. The summed E-state index contributed by atoms with van der Waals surface area (Å²) in [6, 6.07) is 0. The van der Waals surface area contributed by atoms with E-state index in [1.54, 1.807) is 0 Å². The van der Waals surface area contributed by atoms with Crippen LogP contribution in [0.1, 0.15) is 188 Å². The minimum atomic E-state index is -0.813. The molecule has 0 amide bonds. The fourth-order valence-corrected chi connectivity index (χ4v) is 5.48. The predicted octanol–water partition coefficient (Wildman–Crippen LogP) is 13.5. The summed E-state index contributed by atoms with van der Waals surface area (Å²) in [5.41, 5.74) is 0. The summed E-state index contributed by atoms with van der Waals surface area (Å²) in [5, 5.41) is 0. The second-order valence-corrected chi connectivity index (χ2v) is 13.9. The molecule has 0 aromatic heterocycles. The SMILES string of the molecule is CC/C=C\C/C=C\C/C=C\C/C=C\CCC(=O)OC(COC(=O)CCCCCCC/C=C\C/C=C\CCCCC)COC(=O)CCCCCCCCC. The molecule has 6 heteroatoms. The van der Waals surface area contributed by atoms with E-state index in [1.165, 1.54) is 51.4 Å². The van der Waals surface area contributed by atoms with Crippen molar-refractivity contribution >= 4 is 17.9 Å². The highest BCUT2D eigenvalue weighted by Crippen LogP contribution is 2.12. The maximum atomic E-state index is 12.6. The van der Waals surface area contributed by atoms with E-state index in [4.69, 9.17) is 14.2 Å². The van der Waals surface area contributed by atoms with Crippen molar-refractivity contribution in [3.8, 4) is 0 Å². The van der Waals surface area contributed by atoms with Crippen molar-refractivity contribution in [1.29, 1.82) is 0 Å². The van der Waals surface area contributed by atoms with Gasteiger partial charge in [0.25, 0.3) is 0 Å². The molecular formula is C47H78O6. The van der Waals surface area contributed by atoms with Crippen molar-refractivity contribution < 1.29 is 28.6 Å². The van der Waals surface area contributed by atoms with E-state index in [0.717, 1.165) is 89.9 Å². The van der Waals surface area contributed by atoms with Crippen LogP contribution in [0, 0.1) is 0 Å². The molecule has 0 saturated carbocycles.